The lowest BCUT2D eigenvalue weighted by molar-refractivity contribution is 0.122. The van der Waals surface area contributed by atoms with Crippen molar-refractivity contribution in [3.05, 3.63) is 58.4 Å². The number of aryl methyl sites for hydroxylation is 1. The normalized spacial score (nSPS) is 14.6. The van der Waals surface area contributed by atoms with Crippen molar-refractivity contribution < 1.29 is 4.74 Å². The van der Waals surface area contributed by atoms with Crippen LogP contribution >= 0.6 is 22.7 Å². The van der Waals surface area contributed by atoms with Crippen LogP contribution in [-0.4, -0.2) is 45.8 Å². The Kier molecular flexibility index (Phi) is 5.78. The minimum Gasteiger partial charge on any atom is -0.378 e. The third-order valence-corrected chi connectivity index (χ3v) is 8.16. The molecule has 6 rings (SSSR count). The van der Waals surface area contributed by atoms with E-state index in [-0.39, 0.29) is 0 Å². The van der Waals surface area contributed by atoms with Crippen molar-refractivity contribution >= 4 is 60.7 Å². The summed E-state index contributed by atoms with van der Waals surface area (Å²) in [6, 6.07) is 18.5. The van der Waals surface area contributed by atoms with E-state index in [1.54, 1.807) is 11.3 Å². The van der Waals surface area contributed by atoms with Gasteiger partial charge in [0.2, 0.25) is 0 Å². The minimum absolute atomic E-state index is 0.531. The van der Waals surface area contributed by atoms with Gasteiger partial charge in [0, 0.05) is 19.6 Å². The first-order valence-corrected chi connectivity index (χ1v) is 13.2. The molecule has 174 valence electrons. The zero-order chi connectivity index (χ0) is 23.8. The molecule has 0 N–H and O–H groups in total. The van der Waals surface area contributed by atoms with Crippen molar-refractivity contribution in [3.63, 3.8) is 0 Å². The highest BCUT2D eigenvalue weighted by atomic mass is 32.1. The fraction of sp³-hybridized carbons (Fsp3) is 0.231. The number of fused-ring (bicyclic) bond motifs is 2. The molecule has 0 spiro atoms. The van der Waals surface area contributed by atoms with E-state index in [0.29, 0.717) is 23.8 Å². The summed E-state index contributed by atoms with van der Waals surface area (Å²) in [6.45, 7) is 5.84. The Morgan fingerprint density at radius 3 is 2.57 bits per heavy atom. The Morgan fingerprint density at radius 1 is 1.03 bits per heavy atom. The number of para-hydroxylation sites is 3. The van der Waals surface area contributed by atoms with Crippen LogP contribution in [0.2, 0.25) is 0 Å². The van der Waals surface area contributed by atoms with Crippen LogP contribution in [0.1, 0.15) is 16.8 Å². The summed E-state index contributed by atoms with van der Waals surface area (Å²) in [7, 11) is 0. The van der Waals surface area contributed by atoms with E-state index >= 15 is 0 Å². The van der Waals surface area contributed by atoms with E-state index in [0.717, 1.165) is 62.4 Å². The fourth-order valence-corrected chi connectivity index (χ4v) is 6.29. The lowest BCUT2D eigenvalue weighted by Gasteiger charge is -2.26. The molecule has 1 aliphatic rings. The van der Waals surface area contributed by atoms with Crippen LogP contribution in [0.4, 0.5) is 5.13 Å². The van der Waals surface area contributed by atoms with Gasteiger partial charge in [0.05, 0.1) is 44.9 Å². The van der Waals surface area contributed by atoms with Crippen LogP contribution in [0.25, 0.3) is 44.4 Å². The number of anilines is 1. The number of aromatic nitrogens is 4. The van der Waals surface area contributed by atoms with Crippen LogP contribution in [0.3, 0.4) is 0 Å². The molecule has 0 unspecified atom stereocenters. The highest BCUT2D eigenvalue weighted by Crippen LogP contribution is 2.38. The topological polar surface area (TPSA) is 79.9 Å². The number of hydrogen-bond acceptors (Lipinski definition) is 8. The van der Waals surface area contributed by atoms with Gasteiger partial charge in [-0.15, -0.1) is 11.3 Å². The van der Waals surface area contributed by atoms with Crippen molar-refractivity contribution in [1.29, 1.82) is 5.26 Å². The van der Waals surface area contributed by atoms with E-state index in [4.69, 9.17) is 19.7 Å². The number of imidazole rings is 1. The molecule has 0 amide bonds. The summed E-state index contributed by atoms with van der Waals surface area (Å²) in [5.41, 5.74) is 4.24. The van der Waals surface area contributed by atoms with Crippen molar-refractivity contribution in [1.82, 2.24) is 19.5 Å². The third-order valence-electron chi connectivity index (χ3n) is 6.03. The molecular formula is C26H22N6OS2. The van der Waals surface area contributed by atoms with Gasteiger partial charge < -0.3 is 14.2 Å². The summed E-state index contributed by atoms with van der Waals surface area (Å²) in [5.74, 6) is 0.817. The Labute approximate surface area is 210 Å². The fourth-order valence-electron chi connectivity index (χ4n) is 4.30. The molecule has 0 saturated carbocycles. The second-order valence-electron chi connectivity index (χ2n) is 8.13. The number of thiazole rings is 2. The van der Waals surface area contributed by atoms with E-state index in [9.17, 15) is 5.26 Å². The number of benzene rings is 2. The van der Waals surface area contributed by atoms with Crippen molar-refractivity contribution in [2.45, 2.75) is 13.5 Å². The molecule has 7 nitrogen and oxygen atoms in total. The summed E-state index contributed by atoms with van der Waals surface area (Å²) in [6.07, 6.45) is 1.92. The number of nitriles is 1. The van der Waals surface area contributed by atoms with Crippen LogP contribution in [-0.2, 0) is 11.3 Å². The summed E-state index contributed by atoms with van der Waals surface area (Å²) in [5, 5.41) is 11.7. The van der Waals surface area contributed by atoms with Crippen LogP contribution in [0.15, 0.2) is 48.5 Å². The predicted octanol–water partition coefficient (Wildman–Crippen LogP) is 5.69. The van der Waals surface area contributed by atoms with Crippen LogP contribution < -0.4 is 4.90 Å². The number of hydrogen-bond donors (Lipinski definition) is 0. The molecule has 9 heteroatoms. The molecule has 4 heterocycles. The zero-order valence-electron chi connectivity index (χ0n) is 19.1. The highest BCUT2D eigenvalue weighted by Gasteiger charge is 2.23. The number of allylic oxidation sites excluding steroid dienone is 1. The number of rotatable bonds is 5. The number of morpholine rings is 1. The molecule has 5 aromatic rings. The summed E-state index contributed by atoms with van der Waals surface area (Å²) >= 11 is 3.12. The Bertz CT molecular complexity index is 1570. The SMILES string of the molecule is CCn1c(-c2nc(N3CCOCC3)sc2/C=C(\C#N)c2nc3ccccc3s2)nc2ccccc21. The lowest BCUT2D eigenvalue weighted by atomic mass is 10.2. The van der Waals surface area contributed by atoms with Crippen molar-refractivity contribution in [3.8, 4) is 17.6 Å². The molecule has 0 aliphatic carbocycles. The van der Waals surface area contributed by atoms with Crippen LogP contribution in [0.5, 0.6) is 0 Å². The first-order chi connectivity index (χ1) is 17.2. The molecular weight excluding hydrogens is 476 g/mol. The summed E-state index contributed by atoms with van der Waals surface area (Å²) < 4.78 is 8.80. The molecule has 3 aromatic heterocycles. The van der Waals surface area contributed by atoms with Crippen LogP contribution in [0, 0.1) is 11.3 Å². The number of ether oxygens (including phenoxy) is 1. The number of nitrogens with zero attached hydrogens (tertiary/aromatic N) is 6. The Hall–Kier alpha value is -3.58. The van der Waals surface area contributed by atoms with Gasteiger partial charge >= 0.3 is 0 Å². The molecule has 2 aromatic carbocycles. The zero-order valence-corrected chi connectivity index (χ0v) is 20.8. The monoisotopic (exact) mass is 498 g/mol. The highest BCUT2D eigenvalue weighted by molar-refractivity contribution is 7.20. The van der Waals surface area contributed by atoms with E-state index in [1.165, 1.54) is 11.3 Å². The second-order valence-corrected chi connectivity index (χ2v) is 10.2. The average Bonchev–Trinajstić information content (AvgIpc) is 3.62. The van der Waals surface area contributed by atoms with Gasteiger partial charge in [-0.05, 0) is 37.3 Å². The maximum absolute atomic E-state index is 10.1. The first kappa shape index (κ1) is 21.9. The minimum atomic E-state index is 0.531. The van der Waals surface area contributed by atoms with E-state index in [1.807, 2.05) is 48.5 Å². The first-order valence-electron chi connectivity index (χ1n) is 11.5. The molecule has 0 radical (unpaired) electrons. The van der Waals surface area contributed by atoms with Crippen molar-refractivity contribution in [2.24, 2.45) is 0 Å². The third kappa shape index (κ3) is 4.00. The van der Waals surface area contributed by atoms with Gasteiger partial charge in [-0.25, -0.2) is 15.0 Å². The smallest absolute Gasteiger partial charge is 0.186 e. The van der Waals surface area contributed by atoms with Gasteiger partial charge in [0.1, 0.15) is 16.8 Å². The molecule has 0 bridgehead atoms. The maximum Gasteiger partial charge on any atom is 0.186 e. The largest absolute Gasteiger partial charge is 0.378 e. The van der Waals surface area contributed by atoms with Gasteiger partial charge in [-0.3, -0.25) is 0 Å². The van der Waals surface area contributed by atoms with Gasteiger partial charge in [-0.1, -0.05) is 35.6 Å². The standard InChI is InChI=1S/C26H22N6OS2/c1-2-32-20-9-5-3-7-18(20)28-24(32)23-22(35-26(30-23)31-11-13-33-14-12-31)15-17(16-27)25-29-19-8-4-6-10-21(19)34-25/h3-10,15H,2,11-14H2,1H3/b17-15+. The molecule has 1 saturated heterocycles. The van der Waals surface area contributed by atoms with E-state index < -0.39 is 0 Å². The average molecular weight is 499 g/mol. The summed E-state index contributed by atoms with van der Waals surface area (Å²) in [4.78, 5) is 17.9. The second kappa shape index (κ2) is 9.23. The molecule has 1 aliphatic heterocycles. The van der Waals surface area contributed by atoms with Gasteiger partial charge in [0.25, 0.3) is 0 Å². The van der Waals surface area contributed by atoms with Gasteiger partial charge in [-0.2, -0.15) is 5.26 Å². The lowest BCUT2D eigenvalue weighted by Crippen LogP contribution is -2.36. The molecule has 0 atom stereocenters. The van der Waals surface area contributed by atoms with Gasteiger partial charge in [0.15, 0.2) is 11.0 Å². The Morgan fingerprint density at radius 2 is 1.80 bits per heavy atom. The predicted molar refractivity (Wildman–Crippen MR) is 143 cm³/mol. The molecule has 35 heavy (non-hydrogen) atoms. The quantitative estimate of drug-likeness (QED) is 0.290. The molecule has 1 fully saturated rings. The van der Waals surface area contributed by atoms with E-state index in [2.05, 4.69) is 28.5 Å². The Balaban J connectivity index is 1.52. The maximum atomic E-state index is 10.1. The van der Waals surface area contributed by atoms with Crippen molar-refractivity contribution in [2.75, 3.05) is 31.2 Å².